The van der Waals surface area contributed by atoms with Gasteiger partial charge in [0.25, 0.3) is 10.0 Å². The van der Waals surface area contributed by atoms with Crippen molar-refractivity contribution < 1.29 is 8.42 Å². The number of hydrogen-bond donors (Lipinski definition) is 3. The van der Waals surface area contributed by atoms with Gasteiger partial charge in [0, 0.05) is 12.3 Å². The number of hydrazine groups is 1. The number of hydrogen-bond acceptors (Lipinski definition) is 5. The zero-order chi connectivity index (χ0) is 14.8. The minimum atomic E-state index is -3.67. The molecule has 106 valence electrons. The summed E-state index contributed by atoms with van der Waals surface area (Å²) in [6, 6.07) is 8.36. The number of rotatable bonds is 4. The van der Waals surface area contributed by atoms with E-state index in [0.29, 0.717) is 5.69 Å². The summed E-state index contributed by atoms with van der Waals surface area (Å²) in [6.45, 7) is 3.75. The van der Waals surface area contributed by atoms with E-state index in [4.69, 9.17) is 5.84 Å². The third-order valence-corrected chi connectivity index (χ3v) is 4.19. The Kier molecular flexibility index (Phi) is 3.91. The predicted molar refractivity (Wildman–Crippen MR) is 78.8 cm³/mol. The monoisotopic (exact) mass is 292 g/mol. The van der Waals surface area contributed by atoms with Crippen LogP contribution in [0.1, 0.15) is 11.1 Å². The number of nitrogen functional groups attached to an aromatic ring is 1. The van der Waals surface area contributed by atoms with Gasteiger partial charge in [0.15, 0.2) is 0 Å². The molecule has 0 spiro atoms. The average Bonchev–Trinajstić information content (AvgIpc) is 2.43. The number of anilines is 2. The quantitative estimate of drug-likeness (QED) is 0.589. The highest BCUT2D eigenvalue weighted by atomic mass is 32.2. The first-order valence-electron chi connectivity index (χ1n) is 5.95. The highest BCUT2D eigenvalue weighted by Gasteiger charge is 2.16. The molecule has 20 heavy (non-hydrogen) atoms. The lowest BCUT2D eigenvalue weighted by Crippen LogP contribution is -2.15. The summed E-state index contributed by atoms with van der Waals surface area (Å²) in [5.74, 6) is 5.52. The molecule has 1 aromatic carbocycles. The van der Waals surface area contributed by atoms with Gasteiger partial charge < -0.3 is 5.43 Å². The number of benzene rings is 1. The molecule has 0 aliphatic heterocycles. The molecule has 0 radical (unpaired) electrons. The van der Waals surface area contributed by atoms with Crippen LogP contribution < -0.4 is 16.0 Å². The van der Waals surface area contributed by atoms with Crippen LogP contribution in [0.2, 0.25) is 0 Å². The molecule has 0 bridgehead atoms. The first-order chi connectivity index (χ1) is 9.42. The number of nitrogens with two attached hydrogens (primary N) is 1. The van der Waals surface area contributed by atoms with Gasteiger partial charge in [-0.3, -0.25) is 4.72 Å². The molecule has 2 aromatic rings. The van der Waals surface area contributed by atoms with Crippen LogP contribution in [0.15, 0.2) is 41.4 Å². The second-order valence-corrected chi connectivity index (χ2v) is 6.13. The van der Waals surface area contributed by atoms with Crippen LogP contribution in [0.5, 0.6) is 0 Å². The lowest BCUT2D eigenvalue weighted by Gasteiger charge is -2.11. The molecule has 1 aromatic heterocycles. The van der Waals surface area contributed by atoms with Crippen molar-refractivity contribution in [1.29, 1.82) is 0 Å². The fraction of sp³-hybridized carbons (Fsp3) is 0.154. The topological polar surface area (TPSA) is 97.1 Å². The van der Waals surface area contributed by atoms with E-state index in [1.165, 1.54) is 18.3 Å². The third-order valence-electron chi connectivity index (χ3n) is 2.83. The molecule has 1 heterocycles. The van der Waals surface area contributed by atoms with Crippen molar-refractivity contribution in [2.75, 3.05) is 10.1 Å². The molecular formula is C13H16N4O2S. The van der Waals surface area contributed by atoms with E-state index in [0.717, 1.165) is 11.1 Å². The molecule has 0 atom stereocenters. The van der Waals surface area contributed by atoms with E-state index in [2.05, 4.69) is 15.1 Å². The van der Waals surface area contributed by atoms with E-state index in [-0.39, 0.29) is 10.7 Å². The summed E-state index contributed by atoms with van der Waals surface area (Å²) in [5.41, 5.74) is 4.71. The van der Waals surface area contributed by atoms with E-state index in [1.54, 1.807) is 6.07 Å². The van der Waals surface area contributed by atoms with Crippen molar-refractivity contribution in [2.45, 2.75) is 18.7 Å². The first kappa shape index (κ1) is 14.3. The van der Waals surface area contributed by atoms with Crippen molar-refractivity contribution in [3.63, 3.8) is 0 Å². The molecule has 0 saturated heterocycles. The Morgan fingerprint density at radius 2 is 1.90 bits per heavy atom. The fourth-order valence-corrected chi connectivity index (χ4v) is 2.84. The summed E-state index contributed by atoms with van der Waals surface area (Å²) in [4.78, 5) is 3.98. The molecule has 7 heteroatoms. The average molecular weight is 292 g/mol. The Labute approximate surface area is 118 Å². The van der Waals surface area contributed by atoms with Crippen molar-refractivity contribution in [2.24, 2.45) is 5.84 Å². The molecule has 4 N–H and O–H groups in total. The molecule has 0 aliphatic rings. The lowest BCUT2D eigenvalue weighted by atomic mass is 10.1. The van der Waals surface area contributed by atoms with Gasteiger partial charge in [-0.15, -0.1) is 0 Å². The maximum absolute atomic E-state index is 12.3. The van der Waals surface area contributed by atoms with Gasteiger partial charge >= 0.3 is 0 Å². The van der Waals surface area contributed by atoms with Gasteiger partial charge in [0.2, 0.25) is 0 Å². The van der Waals surface area contributed by atoms with Crippen LogP contribution in [-0.2, 0) is 10.0 Å². The zero-order valence-electron chi connectivity index (χ0n) is 11.2. The Morgan fingerprint density at radius 3 is 2.60 bits per heavy atom. The van der Waals surface area contributed by atoms with Gasteiger partial charge in [0.1, 0.15) is 5.82 Å². The summed E-state index contributed by atoms with van der Waals surface area (Å²) in [7, 11) is -3.67. The molecule has 2 rings (SSSR count). The van der Waals surface area contributed by atoms with Crippen LogP contribution in [0.25, 0.3) is 0 Å². The number of aromatic nitrogens is 1. The number of nitrogens with one attached hydrogen (secondary N) is 2. The van der Waals surface area contributed by atoms with Crippen LogP contribution in [0.4, 0.5) is 11.5 Å². The summed E-state index contributed by atoms with van der Waals surface area (Å²) in [5, 5.41) is 0. The number of pyridine rings is 1. The summed E-state index contributed by atoms with van der Waals surface area (Å²) >= 11 is 0. The molecule has 0 aliphatic carbocycles. The van der Waals surface area contributed by atoms with Crippen LogP contribution in [0.3, 0.4) is 0 Å². The van der Waals surface area contributed by atoms with Gasteiger partial charge in [-0.05, 0) is 37.1 Å². The van der Waals surface area contributed by atoms with Crippen LogP contribution in [0, 0.1) is 13.8 Å². The van der Waals surface area contributed by atoms with Crippen LogP contribution >= 0.6 is 0 Å². The van der Waals surface area contributed by atoms with Crippen molar-refractivity contribution in [3.8, 4) is 0 Å². The Hall–Kier alpha value is -2.12. The second-order valence-electron chi connectivity index (χ2n) is 4.44. The number of aryl methyl sites for hydroxylation is 2. The molecule has 6 nitrogen and oxygen atoms in total. The van der Waals surface area contributed by atoms with Crippen molar-refractivity contribution >= 4 is 21.5 Å². The lowest BCUT2D eigenvalue weighted by molar-refractivity contribution is 0.601. The standard InChI is InChI=1S/C13H16N4O2S/c1-9-3-4-10(2)12(7-9)17-20(18,19)11-5-6-15-13(8-11)16-14/h3-8,17H,14H2,1-2H3,(H,15,16). The smallest absolute Gasteiger partial charge is 0.262 e. The molecule has 0 saturated carbocycles. The van der Waals surface area contributed by atoms with Crippen molar-refractivity contribution in [1.82, 2.24) is 4.98 Å². The van der Waals surface area contributed by atoms with Gasteiger partial charge in [-0.25, -0.2) is 19.2 Å². The minimum absolute atomic E-state index is 0.0985. The molecule has 0 fully saturated rings. The van der Waals surface area contributed by atoms with Crippen molar-refractivity contribution in [3.05, 3.63) is 47.7 Å². The first-order valence-corrected chi connectivity index (χ1v) is 7.43. The maximum atomic E-state index is 12.3. The second kappa shape index (κ2) is 5.48. The molecular weight excluding hydrogens is 276 g/mol. The summed E-state index contributed by atoms with van der Waals surface area (Å²) < 4.78 is 27.2. The zero-order valence-corrected chi connectivity index (χ0v) is 12.0. The normalized spacial score (nSPS) is 11.2. The highest BCUT2D eigenvalue weighted by molar-refractivity contribution is 7.92. The SMILES string of the molecule is Cc1ccc(C)c(NS(=O)(=O)c2ccnc(NN)c2)c1. The molecule has 0 amide bonds. The van der Waals surface area contributed by atoms with E-state index >= 15 is 0 Å². The maximum Gasteiger partial charge on any atom is 0.262 e. The van der Waals surface area contributed by atoms with Gasteiger partial charge in [-0.2, -0.15) is 0 Å². The van der Waals surface area contributed by atoms with Crippen LogP contribution in [-0.4, -0.2) is 13.4 Å². The fourth-order valence-electron chi connectivity index (χ4n) is 1.71. The predicted octanol–water partition coefficient (Wildman–Crippen LogP) is 1.78. The van der Waals surface area contributed by atoms with Gasteiger partial charge in [-0.1, -0.05) is 12.1 Å². The Balaban J connectivity index is 2.38. The van der Waals surface area contributed by atoms with E-state index < -0.39 is 10.0 Å². The Bertz CT molecular complexity index is 729. The van der Waals surface area contributed by atoms with Gasteiger partial charge in [0.05, 0.1) is 10.6 Å². The number of nitrogens with zero attached hydrogens (tertiary/aromatic N) is 1. The molecule has 0 unspecified atom stereocenters. The summed E-state index contributed by atoms with van der Waals surface area (Å²) in [6.07, 6.45) is 1.38. The Morgan fingerprint density at radius 1 is 1.15 bits per heavy atom. The van der Waals surface area contributed by atoms with E-state index in [1.807, 2.05) is 26.0 Å². The van der Waals surface area contributed by atoms with E-state index in [9.17, 15) is 8.42 Å². The third kappa shape index (κ3) is 3.06. The largest absolute Gasteiger partial charge is 0.308 e. The minimum Gasteiger partial charge on any atom is -0.308 e. The number of sulfonamides is 1. The highest BCUT2D eigenvalue weighted by Crippen LogP contribution is 2.21.